The van der Waals surface area contributed by atoms with Gasteiger partial charge < -0.3 is 4.90 Å². The number of rotatable bonds is 1. The molecular weight excluding hydrogens is 222 g/mol. The normalized spacial score (nSPS) is 14.8. The molecule has 2 aromatic carbocycles. The van der Waals surface area contributed by atoms with Gasteiger partial charge in [0.25, 0.3) is 0 Å². The first-order valence-electron chi connectivity index (χ1n) is 6.39. The van der Waals surface area contributed by atoms with Crippen LogP contribution in [0.25, 0.3) is 10.8 Å². The molecule has 0 heterocycles. The van der Waals surface area contributed by atoms with Gasteiger partial charge in [0.05, 0.1) is 0 Å². The highest BCUT2D eigenvalue weighted by Crippen LogP contribution is 2.31. The molecule has 18 heavy (non-hydrogen) atoms. The van der Waals surface area contributed by atoms with Gasteiger partial charge in [-0.1, -0.05) is 36.4 Å². The van der Waals surface area contributed by atoms with E-state index in [-0.39, 0.29) is 5.91 Å². The van der Waals surface area contributed by atoms with Crippen LogP contribution < -0.4 is 0 Å². The molecule has 2 nitrogen and oxygen atoms in total. The summed E-state index contributed by atoms with van der Waals surface area (Å²) in [6, 6.07) is 13.2. The van der Waals surface area contributed by atoms with Crippen LogP contribution in [0.15, 0.2) is 36.4 Å². The van der Waals surface area contributed by atoms with Gasteiger partial charge in [0, 0.05) is 20.0 Å². The van der Waals surface area contributed by atoms with Crippen LogP contribution in [0.4, 0.5) is 0 Å². The second-order valence-electron chi connectivity index (χ2n) is 5.12. The Labute approximate surface area is 107 Å². The van der Waals surface area contributed by atoms with Crippen molar-refractivity contribution in [1.29, 1.82) is 0 Å². The zero-order valence-electron chi connectivity index (χ0n) is 10.8. The zero-order valence-corrected chi connectivity index (χ0v) is 10.8. The van der Waals surface area contributed by atoms with E-state index in [0.717, 1.165) is 12.8 Å². The summed E-state index contributed by atoms with van der Waals surface area (Å²) in [4.78, 5) is 13.4. The maximum atomic E-state index is 11.5. The quantitative estimate of drug-likeness (QED) is 0.749. The summed E-state index contributed by atoms with van der Waals surface area (Å²) >= 11 is 0. The van der Waals surface area contributed by atoms with Crippen molar-refractivity contribution in [2.45, 2.75) is 25.8 Å². The summed E-state index contributed by atoms with van der Waals surface area (Å²) in [5.41, 5.74) is 2.74. The van der Waals surface area contributed by atoms with Crippen LogP contribution in [-0.2, 0) is 17.6 Å². The predicted octanol–water partition coefficient (Wildman–Crippen LogP) is 2.79. The van der Waals surface area contributed by atoms with Gasteiger partial charge in [-0.05, 0) is 34.7 Å². The Balaban J connectivity index is 2.08. The topological polar surface area (TPSA) is 20.3 Å². The number of hydrogen-bond donors (Lipinski definition) is 0. The number of amides is 1. The van der Waals surface area contributed by atoms with Crippen molar-refractivity contribution in [3.8, 4) is 0 Å². The Kier molecular flexibility index (Phi) is 2.58. The monoisotopic (exact) mass is 239 g/mol. The fourth-order valence-corrected chi connectivity index (χ4v) is 2.95. The molecule has 0 saturated heterocycles. The van der Waals surface area contributed by atoms with E-state index in [0.29, 0.717) is 6.04 Å². The third kappa shape index (κ3) is 1.69. The number of benzene rings is 2. The maximum Gasteiger partial charge on any atom is 0.219 e. The number of likely N-dealkylation sites (N-methyl/N-ethyl adjacent to an activating group) is 1. The third-order valence-electron chi connectivity index (χ3n) is 4.03. The third-order valence-corrected chi connectivity index (χ3v) is 4.03. The minimum atomic E-state index is 0.145. The first kappa shape index (κ1) is 11.3. The molecule has 0 atom stereocenters. The minimum absolute atomic E-state index is 0.145. The Bertz CT molecular complexity index is 577. The second-order valence-corrected chi connectivity index (χ2v) is 5.12. The van der Waals surface area contributed by atoms with Crippen LogP contribution >= 0.6 is 0 Å². The molecule has 2 aromatic rings. The molecule has 1 aliphatic rings. The van der Waals surface area contributed by atoms with Gasteiger partial charge in [0.2, 0.25) is 5.91 Å². The summed E-state index contributed by atoms with van der Waals surface area (Å²) in [7, 11) is 1.90. The van der Waals surface area contributed by atoms with Crippen LogP contribution in [-0.4, -0.2) is 23.9 Å². The van der Waals surface area contributed by atoms with Crippen LogP contribution in [0.2, 0.25) is 0 Å². The summed E-state index contributed by atoms with van der Waals surface area (Å²) in [6.45, 7) is 1.64. The van der Waals surface area contributed by atoms with Crippen molar-refractivity contribution in [2.75, 3.05) is 7.05 Å². The zero-order chi connectivity index (χ0) is 12.7. The molecular formula is C16H17NO. The first-order chi connectivity index (χ1) is 8.66. The van der Waals surface area contributed by atoms with E-state index in [2.05, 4.69) is 36.4 Å². The molecule has 1 amide bonds. The SMILES string of the molecule is CC(=O)N(C)C1Cc2cccc3cccc(c23)C1. The largest absolute Gasteiger partial charge is 0.342 e. The van der Waals surface area contributed by atoms with Crippen molar-refractivity contribution < 1.29 is 4.79 Å². The Morgan fingerprint density at radius 3 is 2.17 bits per heavy atom. The highest BCUT2D eigenvalue weighted by atomic mass is 16.2. The van der Waals surface area contributed by atoms with E-state index in [4.69, 9.17) is 0 Å². The van der Waals surface area contributed by atoms with Gasteiger partial charge in [0.15, 0.2) is 0 Å². The molecule has 0 aromatic heterocycles. The average molecular weight is 239 g/mol. The van der Waals surface area contributed by atoms with Gasteiger partial charge in [-0.2, -0.15) is 0 Å². The Morgan fingerprint density at radius 2 is 1.67 bits per heavy atom. The summed E-state index contributed by atoms with van der Waals surface area (Å²) < 4.78 is 0. The molecule has 0 radical (unpaired) electrons. The number of nitrogens with zero attached hydrogens (tertiary/aromatic N) is 1. The van der Waals surface area contributed by atoms with Crippen LogP contribution in [0.3, 0.4) is 0 Å². The Morgan fingerprint density at radius 1 is 1.11 bits per heavy atom. The van der Waals surface area contributed by atoms with Crippen LogP contribution in [0.1, 0.15) is 18.1 Å². The van der Waals surface area contributed by atoms with Crippen molar-refractivity contribution in [3.63, 3.8) is 0 Å². The standard InChI is InChI=1S/C16H17NO/c1-11(18)17(2)15-9-13-7-3-5-12-6-4-8-14(10-15)16(12)13/h3-8,15H,9-10H2,1-2H3. The molecule has 0 bridgehead atoms. The number of hydrogen-bond acceptors (Lipinski definition) is 1. The smallest absolute Gasteiger partial charge is 0.219 e. The highest BCUT2D eigenvalue weighted by Gasteiger charge is 2.24. The van der Waals surface area contributed by atoms with E-state index in [1.807, 2.05) is 11.9 Å². The molecule has 0 aliphatic heterocycles. The van der Waals surface area contributed by atoms with Crippen LogP contribution in [0.5, 0.6) is 0 Å². The lowest BCUT2D eigenvalue weighted by Crippen LogP contribution is -2.40. The van der Waals surface area contributed by atoms with E-state index in [1.165, 1.54) is 21.9 Å². The molecule has 0 spiro atoms. The predicted molar refractivity (Wildman–Crippen MR) is 73.6 cm³/mol. The fraction of sp³-hybridized carbons (Fsp3) is 0.312. The second kappa shape index (κ2) is 4.13. The van der Waals surface area contributed by atoms with E-state index < -0.39 is 0 Å². The molecule has 3 rings (SSSR count). The summed E-state index contributed by atoms with van der Waals surface area (Å²) in [5, 5.41) is 2.71. The molecule has 0 N–H and O–H groups in total. The van der Waals surface area contributed by atoms with E-state index in [9.17, 15) is 4.79 Å². The van der Waals surface area contributed by atoms with Gasteiger partial charge in [-0.25, -0.2) is 0 Å². The molecule has 0 unspecified atom stereocenters. The Hall–Kier alpha value is -1.83. The molecule has 2 heteroatoms. The molecule has 92 valence electrons. The van der Waals surface area contributed by atoms with Gasteiger partial charge >= 0.3 is 0 Å². The van der Waals surface area contributed by atoms with Crippen LogP contribution in [0, 0.1) is 0 Å². The van der Waals surface area contributed by atoms with Crippen molar-refractivity contribution in [2.24, 2.45) is 0 Å². The number of carbonyl (C=O) groups excluding carboxylic acids is 1. The lowest BCUT2D eigenvalue weighted by atomic mass is 9.85. The highest BCUT2D eigenvalue weighted by molar-refractivity contribution is 5.90. The van der Waals surface area contributed by atoms with Crippen molar-refractivity contribution in [1.82, 2.24) is 4.90 Å². The average Bonchev–Trinajstić information content (AvgIpc) is 2.38. The van der Waals surface area contributed by atoms with E-state index in [1.54, 1.807) is 6.92 Å². The molecule has 0 fully saturated rings. The summed E-state index contributed by atoms with van der Waals surface area (Å²) in [5.74, 6) is 0.145. The van der Waals surface area contributed by atoms with Crippen molar-refractivity contribution >= 4 is 16.7 Å². The summed E-state index contributed by atoms with van der Waals surface area (Å²) in [6.07, 6.45) is 1.93. The molecule has 0 saturated carbocycles. The number of carbonyl (C=O) groups is 1. The fourth-order valence-electron chi connectivity index (χ4n) is 2.95. The maximum absolute atomic E-state index is 11.5. The van der Waals surface area contributed by atoms with Crippen molar-refractivity contribution in [3.05, 3.63) is 47.5 Å². The van der Waals surface area contributed by atoms with Gasteiger partial charge in [-0.3, -0.25) is 4.79 Å². The van der Waals surface area contributed by atoms with E-state index >= 15 is 0 Å². The molecule has 1 aliphatic carbocycles. The van der Waals surface area contributed by atoms with Gasteiger partial charge in [0.1, 0.15) is 0 Å². The lowest BCUT2D eigenvalue weighted by Gasteiger charge is -2.32. The first-order valence-corrected chi connectivity index (χ1v) is 6.39. The minimum Gasteiger partial charge on any atom is -0.342 e. The lowest BCUT2D eigenvalue weighted by molar-refractivity contribution is -0.129. The van der Waals surface area contributed by atoms with Gasteiger partial charge in [-0.15, -0.1) is 0 Å².